The van der Waals surface area contributed by atoms with Crippen LogP contribution in [0.25, 0.3) is 0 Å². The largest absolute Gasteiger partial charge is 0.453 e. The normalized spacial score (nSPS) is 22.7. The topological polar surface area (TPSA) is 59.8 Å². The molecule has 0 amide bonds. The van der Waals surface area contributed by atoms with Crippen molar-refractivity contribution < 1.29 is 18.0 Å². The van der Waals surface area contributed by atoms with Gasteiger partial charge >= 0.3 is 6.18 Å². The third-order valence-electron chi connectivity index (χ3n) is 4.77. The number of hydrogen-bond donors (Lipinski definition) is 1. The van der Waals surface area contributed by atoms with Gasteiger partial charge in [-0.15, -0.1) is 5.10 Å². The number of nitrogens with zero attached hydrogens (tertiary/aromatic N) is 3. The first-order chi connectivity index (χ1) is 12.2. The summed E-state index contributed by atoms with van der Waals surface area (Å²) in [7, 11) is 0. The lowest BCUT2D eigenvalue weighted by Crippen LogP contribution is -2.33. The standard InChI is InChI=1S/C18H17F3N4O/c1-9-3-5-11(6-4-9)15-14-12(7-10(2)8-13(14)26)22-17-23-16(18(19,20)21)24-25(15)17/h3-6,10,15H,7-8H2,1-2H3,(H,22,23,24). The lowest BCUT2D eigenvalue weighted by molar-refractivity contribution is -0.145. The van der Waals surface area contributed by atoms with Crippen LogP contribution in [0.1, 0.15) is 42.8 Å². The van der Waals surface area contributed by atoms with Crippen LogP contribution in [0.2, 0.25) is 0 Å². The number of carbonyl (C=O) groups excluding carboxylic acids is 1. The van der Waals surface area contributed by atoms with Crippen molar-refractivity contribution in [3.63, 3.8) is 0 Å². The van der Waals surface area contributed by atoms with Crippen molar-refractivity contribution in [2.75, 3.05) is 5.32 Å². The first-order valence-corrected chi connectivity index (χ1v) is 8.37. The molecule has 2 atom stereocenters. The highest BCUT2D eigenvalue weighted by Crippen LogP contribution is 2.42. The molecule has 0 saturated heterocycles. The van der Waals surface area contributed by atoms with Crippen LogP contribution in [0.4, 0.5) is 19.1 Å². The number of rotatable bonds is 1. The number of halogens is 3. The maximum Gasteiger partial charge on any atom is 0.453 e. The van der Waals surface area contributed by atoms with Crippen LogP contribution >= 0.6 is 0 Å². The van der Waals surface area contributed by atoms with E-state index in [0.29, 0.717) is 29.7 Å². The fourth-order valence-electron chi connectivity index (χ4n) is 3.58. The van der Waals surface area contributed by atoms with Crippen molar-refractivity contribution in [3.05, 3.63) is 52.5 Å². The molecule has 0 saturated carbocycles. The summed E-state index contributed by atoms with van der Waals surface area (Å²) in [6, 6.07) is 6.68. The minimum Gasteiger partial charge on any atom is -0.328 e. The van der Waals surface area contributed by atoms with E-state index in [2.05, 4.69) is 15.4 Å². The van der Waals surface area contributed by atoms with Gasteiger partial charge in [0.25, 0.3) is 5.82 Å². The number of carbonyl (C=O) groups is 1. The molecule has 5 nitrogen and oxygen atoms in total. The fourth-order valence-corrected chi connectivity index (χ4v) is 3.58. The Morgan fingerprint density at radius 2 is 1.88 bits per heavy atom. The summed E-state index contributed by atoms with van der Waals surface area (Å²) in [5, 5.41) is 6.59. The second-order valence-corrected chi connectivity index (χ2v) is 6.97. The third kappa shape index (κ3) is 2.69. The Kier molecular flexibility index (Phi) is 3.68. The van der Waals surface area contributed by atoms with Crippen molar-refractivity contribution >= 4 is 11.7 Å². The quantitative estimate of drug-likeness (QED) is 0.837. The molecule has 0 radical (unpaired) electrons. The highest BCUT2D eigenvalue weighted by molar-refractivity contribution is 5.99. The second-order valence-electron chi connectivity index (χ2n) is 6.97. The van der Waals surface area contributed by atoms with Gasteiger partial charge in [-0.25, -0.2) is 4.68 Å². The monoisotopic (exact) mass is 362 g/mol. The summed E-state index contributed by atoms with van der Waals surface area (Å²) in [5.74, 6) is -1.13. The SMILES string of the molecule is Cc1ccc(C2C3=C(CC(C)CC3=O)Nc3nc(C(F)(F)F)nn32)cc1. The highest BCUT2D eigenvalue weighted by atomic mass is 19.4. The van der Waals surface area contributed by atoms with Crippen LogP contribution < -0.4 is 5.32 Å². The van der Waals surface area contributed by atoms with Gasteiger partial charge < -0.3 is 5.32 Å². The Hall–Kier alpha value is -2.64. The molecule has 2 aromatic rings. The first kappa shape index (κ1) is 16.8. The summed E-state index contributed by atoms with van der Waals surface area (Å²) < 4.78 is 40.5. The van der Waals surface area contributed by atoms with E-state index in [1.807, 2.05) is 38.1 Å². The fraction of sp³-hybridized carbons (Fsp3) is 0.389. The zero-order chi connectivity index (χ0) is 18.6. The van der Waals surface area contributed by atoms with Crippen LogP contribution in [0.15, 0.2) is 35.5 Å². The second kappa shape index (κ2) is 5.69. The number of hydrogen-bond acceptors (Lipinski definition) is 4. The van der Waals surface area contributed by atoms with Crippen LogP contribution in [0.5, 0.6) is 0 Å². The van der Waals surface area contributed by atoms with Gasteiger partial charge in [0.2, 0.25) is 5.95 Å². The van der Waals surface area contributed by atoms with E-state index >= 15 is 0 Å². The van der Waals surface area contributed by atoms with Gasteiger partial charge in [0.15, 0.2) is 5.78 Å². The molecule has 0 spiro atoms. The molecule has 2 aliphatic rings. The molecule has 0 bridgehead atoms. The van der Waals surface area contributed by atoms with Crippen molar-refractivity contribution in [2.24, 2.45) is 5.92 Å². The average molecular weight is 362 g/mol. The summed E-state index contributed by atoms with van der Waals surface area (Å²) in [5.41, 5.74) is 2.87. The number of allylic oxidation sites excluding steroid dienone is 2. The Bertz CT molecular complexity index is 912. The number of nitrogens with one attached hydrogen (secondary N) is 1. The smallest absolute Gasteiger partial charge is 0.328 e. The van der Waals surface area contributed by atoms with Crippen molar-refractivity contribution in [3.8, 4) is 0 Å². The molecule has 26 heavy (non-hydrogen) atoms. The predicted octanol–water partition coefficient (Wildman–Crippen LogP) is 3.87. The zero-order valence-corrected chi connectivity index (χ0v) is 14.3. The van der Waals surface area contributed by atoms with E-state index in [1.54, 1.807) is 0 Å². The number of anilines is 1. The van der Waals surface area contributed by atoms with E-state index in [9.17, 15) is 18.0 Å². The van der Waals surface area contributed by atoms with Gasteiger partial charge in [-0.05, 0) is 24.8 Å². The summed E-state index contributed by atoms with van der Waals surface area (Å²) in [6.45, 7) is 3.87. The maximum atomic E-state index is 13.1. The molecule has 1 aliphatic carbocycles. The molecular formula is C18H17F3N4O. The Morgan fingerprint density at radius 3 is 2.54 bits per heavy atom. The van der Waals surface area contributed by atoms with Crippen molar-refractivity contribution in [1.29, 1.82) is 0 Å². The molecule has 0 fully saturated rings. The molecule has 2 heterocycles. The predicted molar refractivity (Wildman–Crippen MR) is 88.4 cm³/mol. The maximum absolute atomic E-state index is 13.1. The summed E-state index contributed by atoms with van der Waals surface area (Å²) in [4.78, 5) is 16.3. The number of alkyl halides is 3. The molecule has 8 heteroatoms. The van der Waals surface area contributed by atoms with Gasteiger partial charge in [0.05, 0.1) is 0 Å². The Morgan fingerprint density at radius 1 is 1.19 bits per heavy atom. The third-order valence-corrected chi connectivity index (χ3v) is 4.77. The van der Waals surface area contributed by atoms with E-state index in [1.165, 1.54) is 4.68 Å². The summed E-state index contributed by atoms with van der Waals surface area (Å²) >= 11 is 0. The number of aromatic nitrogens is 3. The number of Topliss-reactive ketones (excluding diaryl/α,β-unsaturated/α-hetero) is 1. The molecule has 1 aromatic heterocycles. The molecule has 4 rings (SSSR count). The van der Waals surface area contributed by atoms with Crippen LogP contribution in [-0.4, -0.2) is 20.5 Å². The number of aryl methyl sites for hydroxylation is 1. The molecule has 2 unspecified atom stereocenters. The van der Waals surface area contributed by atoms with Crippen LogP contribution in [0, 0.1) is 12.8 Å². The zero-order valence-electron chi connectivity index (χ0n) is 14.3. The number of fused-ring (bicyclic) bond motifs is 1. The number of benzene rings is 1. The molecular weight excluding hydrogens is 345 g/mol. The highest BCUT2D eigenvalue weighted by Gasteiger charge is 2.42. The van der Waals surface area contributed by atoms with Gasteiger partial charge in [0.1, 0.15) is 6.04 Å². The van der Waals surface area contributed by atoms with Crippen molar-refractivity contribution in [1.82, 2.24) is 14.8 Å². The number of ketones is 1. The van der Waals surface area contributed by atoms with E-state index < -0.39 is 18.0 Å². The minimum atomic E-state index is -4.65. The van der Waals surface area contributed by atoms with E-state index in [4.69, 9.17) is 0 Å². The molecule has 1 aliphatic heterocycles. The Labute approximate surface area is 147 Å². The van der Waals surface area contributed by atoms with Crippen LogP contribution in [0.3, 0.4) is 0 Å². The van der Waals surface area contributed by atoms with E-state index in [0.717, 1.165) is 5.56 Å². The Balaban J connectivity index is 1.90. The summed E-state index contributed by atoms with van der Waals surface area (Å²) in [6.07, 6.45) is -3.68. The molecule has 1 N–H and O–H groups in total. The van der Waals surface area contributed by atoms with Gasteiger partial charge in [-0.1, -0.05) is 36.8 Å². The molecule has 136 valence electrons. The lowest BCUT2D eigenvalue weighted by atomic mass is 9.81. The van der Waals surface area contributed by atoms with Crippen molar-refractivity contribution in [2.45, 2.75) is 38.9 Å². The van der Waals surface area contributed by atoms with Gasteiger partial charge in [0, 0.05) is 17.7 Å². The average Bonchev–Trinajstić information content (AvgIpc) is 2.97. The molecule has 1 aromatic carbocycles. The van der Waals surface area contributed by atoms with Gasteiger partial charge in [-0.2, -0.15) is 18.2 Å². The van der Waals surface area contributed by atoms with Crippen LogP contribution in [-0.2, 0) is 11.0 Å². The minimum absolute atomic E-state index is 0.0172. The first-order valence-electron chi connectivity index (χ1n) is 8.37. The van der Waals surface area contributed by atoms with Gasteiger partial charge in [-0.3, -0.25) is 4.79 Å². The van der Waals surface area contributed by atoms with E-state index in [-0.39, 0.29) is 17.6 Å². The lowest BCUT2D eigenvalue weighted by Gasteiger charge is -2.34.